The van der Waals surface area contributed by atoms with Crippen LogP contribution in [0.3, 0.4) is 0 Å². The average molecular weight is 354 g/mol. The van der Waals surface area contributed by atoms with Crippen LogP contribution in [0, 0.1) is 5.92 Å². The van der Waals surface area contributed by atoms with E-state index in [4.69, 9.17) is 4.74 Å². The topological polar surface area (TPSA) is 41.1 Å². The Kier molecular flexibility index (Phi) is 6.51. The van der Waals surface area contributed by atoms with Crippen molar-refractivity contribution in [3.8, 4) is 5.75 Å². The van der Waals surface area contributed by atoms with E-state index in [1.807, 2.05) is 18.3 Å². The van der Waals surface area contributed by atoms with E-state index in [9.17, 15) is 0 Å². The zero-order valence-electron chi connectivity index (χ0n) is 16.2. The van der Waals surface area contributed by atoms with Crippen molar-refractivity contribution in [1.82, 2.24) is 15.1 Å². The second-order valence-electron chi connectivity index (χ2n) is 7.68. The van der Waals surface area contributed by atoms with Crippen molar-refractivity contribution in [2.45, 2.75) is 39.0 Å². The summed E-state index contributed by atoms with van der Waals surface area (Å²) in [5, 5.41) is 7.61. The van der Waals surface area contributed by atoms with E-state index in [0.29, 0.717) is 11.8 Å². The molecule has 0 spiro atoms. The van der Waals surface area contributed by atoms with Gasteiger partial charge in [-0.25, -0.2) is 0 Å². The number of hydrogen-bond donors (Lipinski definition) is 1. The zero-order chi connectivity index (χ0) is 18.4. The maximum atomic E-state index is 5.21. The van der Waals surface area contributed by atoms with E-state index in [1.54, 1.807) is 7.11 Å². The normalized spacial score (nSPS) is 18.7. The molecule has 0 saturated carbocycles. The smallest absolute Gasteiger partial charge is 0.118 e. The number of hydrogen-bond acceptors (Lipinski definition) is 3. The molecular weight excluding hydrogens is 322 g/mol. The maximum Gasteiger partial charge on any atom is 0.118 e. The van der Waals surface area contributed by atoms with Gasteiger partial charge in [0, 0.05) is 24.7 Å². The van der Waals surface area contributed by atoms with E-state index in [0.717, 1.165) is 25.3 Å². The van der Waals surface area contributed by atoms with Crippen molar-refractivity contribution >= 4 is 6.08 Å². The monoisotopic (exact) mass is 353 g/mol. The van der Waals surface area contributed by atoms with Gasteiger partial charge < -0.3 is 4.74 Å². The van der Waals surface area contributed by atoms with Crippen LogP contribution in [0.15, 0.2) is 36.5 Å². The highest BCUT2D eigenvalue weighted by Crippen LogP contribution is 2.28. The third-order valence-corrected chi connectivity index (χ3v) is 5.08. The Balaban J connectivity index is 1.56. The summed E-state index contributed by atoms with van der Waals surface area (Å²) in [5.41, 5.74) is 3.98. The van der Waals surface area contributed by atoms with Crippen LogP contribution in [0.5, 0.6) is 5.75 Å². The Morgan fingerprint density at radius 3 is 2.85 bits per heavy atom. The van der Waals surface area contributed by atoms with Crippen LogP contribution in [-0.2, 0) is 6.42 Å². The van der Waals surface area contributed by atoms with Gasteiger partial charge in [-0.05, 0) is 55.0 Å². The van der Waals surface area contributed by atoms with Crippen molar-refractivity contribution in [3.63, 3.8) is 0 Å². The van der Waals surface area contributed by atoms with Gasteiger partial charge in [-0.1, -0.05) is 38.1 Å². The summed E-state index contributed by atoms with van der Waals surface area (Å²) < 4.78 is 5.21. The summed E-state index contributed by atoms with van der Waals surface area (Å²) in [6, 6.07) is 8.20. The van der Waals surface area contributed by atoms with Crippen molar-refractivity contribution < 1.29 is 4.74 Å². The number of methoxy groups -OCH3 is 1. The summed E-state index contributed by atoms with van der Waals surface area (Å²) in [4.78, 5) is 2.55. The van der Waals surface area contributed by atoms with Gasteiger partial charge in [-0.15, -0.1) is 0 Å². The molecule has 1 saturated heterocycles. The van der Waals surface area contributed by atoms with Gasteiger partial charge in [0.05, 0.1) is 13.3 Å². The van der Waals surface area contributed by atoms with Gasteiger partial charge >= 0.3 is 0 Å². The number of ether oxygens (including phenoxy) is 1. The highest BCUT2D eigenvalue weighted by Gasteiger charge is 2.24. The zero-order valence-corrected chi connectivity index (χ0v) is 16.2. The molecule has 2 aromatic rings. The first-order valence-corrected chi connectivity index (χ1v) is 9.70. The molecule has 0 aliphatic carbocycles. The standard InChI is InChI=1S/C22H31N3O/c1-17(2)14-20-15-23-24-22(20)19-7-5-13-25(16-19)12-4-6-18-8-10-21(26-3)11-9-18/h4,6,8-11,15,17,19H,5,7,12-14,16H2,1-3H3,(H,23,24)/b6-4+. The molecule has 3 rings (SSSR count). The summed E-state index contributed by atoms with van der Waals surface area (Å²) >= 11 is 0. The predicted molar refractivity (Wildman–Crippen MR) is 108 cm³/mol. The van der Waals surface area contributed by atoms with Gasteiger partial charge in [-0.3, -0.25) is 10.00 Å². The highest BCUT2D eigenvalue weighted by atomic mass is 16.5. The highest BCUT2D eigenvalue weighted by molar-refractivity contribution is 5.50. The minimum absolute atomic E-state index is 0.578. The molecule has 140 valence electrons. The number of aromatic amines is 1. The molecule has 1 N–H and O–H groups in total. The predicted octanol–water partition coefficient (Wildman–Crippen LogP) is 4.51. The Morgan fingerprint density at radius 1 is 1.31 bits per heavy atom. The lowest BCUT2D eigenvalue weighted by molar-refractivity contribution is 0.225. The molecule has 1 atom stereocenters. The minimum Gasteiger partial charge on any atom is -0.497 e. The molecule has 26 heavy (non-hydrogen) atoms. The quantitative estimate of drug-likeness (QED) is 0.796. The molecule has 0 radical (unpaired) electrons. The fourth-order valence-corrected chi connectivity index (χ4v) is 3.79. The summed E-state index contributed by atoms with van der Waals surface area (Å²) in [7, 11) is 1.70. The Hall–Kier alpha value is -2.07. The molecule has 1 aliphatic rings. The average Bonchev–Trinajstić information content (AvgIpc) is 3.10. The first-order valence-electron chi connectivity index (χ1n) is 9.70. The molecule has 4 heteroatoms. The van der Waals surface area contributed by atoms with Crippen molar-refractivity contribution in [1.29, 1.82) is 0 Å². The molecule has 1 unspecified atom stereocenters. The molecule has 1 aromatic heterocycles. The van der Waals surface area contributed by atoms with Gasteiger partial charge in [0.15, 0.2) is 0 Å². The lowest BCUT2D eigenvalue weighted by atomic mass is 9.90. The fraction of sp³-hybridized carbons (Fsp3) is 0.500. The van der Waals surface area contributed by atoms with Crippen molar-refractivity contribution in [2.75, 3.05) is 26.7 Å². The summed E-state index contributed by atoms with van der Waals surface area (Å²) in [6.07, 6.45) is 10.1. The van der Waals surface area contributed by atoms with Gasteiger partial charge in [0.2, 0.25) is 0 Å². The van der Waals surface area contributed by atoms with Gasteiger partial charge in [0.25, 0.3) is 0 Å². The number of piperidine rings is 1. The van der Waals surface area contributed by atoms with E-state index in [-0.39, 0.29) is 0 Å². The molecule has 0 bridgehead atoms. The van der Waals surface area contributed by atoms with Crippen molar-refractivity contribution in [2.24, 2.45) is 5.92 Å². The van der Waals surface area contributed by atoms with Crippen LogP contribution in [0.25, 0.3) is 6.08 Å². The van der Waals surface area contributed by atoms with Crippen LogP contribution < -0.4 is 4.74 Å². The molecular formula is C22H31N3O. The van der Waals surface area contributed by atoms with Gasteiger partial charge in [-0.2, -0.15) is 5.10 Å². The lowest BCUT2D eigenvalue weighted by Crippen LogP contribution is -2.34. The molecule has 4 nitrogen and oxygen atoms in total. The Morgan fingerprint density at radius 2 is 2.12 bits per heavy atom. The first-order chi connectivity index (χ1) is 12.7. The molecule has 1 aromatic carbocycles. The second-order valence-corrected chi connectivity index (χ2v) is 7.68. The molecule has 1 aliphatic heterocycles. The SMILES string of the molecule is COc1ccc(/C=C/CN2CCCC(c3[nH]ncc3CC(C)C)C2)cc1. The third kappa shape index (κ3) is 4.98. The molecule has 0 amide bonds. The third-order valence-electron chi connectivity index (χ3n) is 5.08. The number of nitrogens with one attached hydrogen (secondary N) is 1. The van der Waals surface area contributed by atoms with Crippen LogP contribution in [-0.4, -0.2) is 41.8 Å². The van der Waals surface area contributed by atoms with Crippen LogP contribution in [0.2, 0.25) is 0 Å². The second kappa shape index (κ2) is 9.04. The van der Waals surface area contributed by atoms with Crippen molar-refractivity contribution in [3.05, 3.63) is 53.4 Å². The fourth-order valence-electron chi connectivity index (χ4n) is 3.79. The number of likely N-dealkylation sites (tertiary alicyclic amines) is 1. The van der Waals surface area contributed by atoms with Gasteiger partial charge in [0.1, 0.15) is 5.75 Å². The molecule has 2 heterocycles. The summed E-state index contributed by atoms with van der Waals surface area (Å²) in [5.74, 6) is 2.14. The van der Waals surface area contributed by atoms with E-state index in [2.05, 4.69) is 53.2 Å². The minimum atomic E-state index is 0.578. The van der Waals surface area contributed by atoms with E-state index in [1.165, 1.54) is 36.2 Å². The number of benzene rings is 1. The van der Waals surface area contributed by atoms with Crippen LogP contribution in [0.4, 0.5) is 0 Å². The maximum absolute atomic E-state index is 5.21. The number of nitrogens with zero attached hydrogens (tertiary/aromatic N) is 2. The van der Waals surface area contributed by atoms with Crippen LogP contribution >= 0.6 is 0 Å². The number of rotatable bonds is 7. The first kappa shape index (κ1) is 18.7. The Bertz CT molecular complexity index is 702. The molecule has 1 fully saturated rings. The van der Waals surface area contributed by atoms with E-state index < -0.39 is 0 Å². The van der Waals surface area contributed by atoms with Crippen LogP contribution in [0.1, 0.15) is 49.4 Å². The largest absolute Gasteiger partial charge is 0.497 e. The number of H-pyrrole nitrogens is 1. The lowest BCUT2D eigenvalue weighted by Gasteiger charge is -2.32. The van der Waals surface area contributed by atoms with E-state index >= 15 is 0 Å². The number of aromatic nitrogens is 2. The Labute approximate surface area is 157 Å². The summed E-state index contributed by atoms with van der Waals surface area (Å²) in [6.45, 7) is 7.83.